The molecule has 1 aromatic carbocycles. The first kappa shape index (κ1) is 18.6. The van der Waals surface area contributed by atoms with E-state index in [1.807, 2.05) is 32.9 Å². The van der Waals surface area contributed by atoms with Crippen molar-refractivity contribution in [3.63, 3.8) is 0 Å². The zero-order chi connectivity index (χ0) is 17.8. The van der Waals surface area contributed by atoms with E-state index in [1.54, 1.807) is 12.1 Å². The third-order valence-electron chi connectivity index (χ3n) is 3.80. The standard InChI is InChI=1S/C19H24ClNO3/c1-18(2,3)24-17(22)21-16-8-11-19(23,12-9-16)10-7-14-5-4-6-15(20)13-14/h4-6,13,16,23H,8-9,11-12H2,1-3H3,(H,21,22)/t16-,19+. The molecule has 0 saturated heterocycles. The van der Waals surface area contributed by atoms with Crippen LogP contribution < -0.4 is 5.32 Å². The van der Waals surface area contributed by atoms with Gasteiger partial charge in [-0.1, -0.05) is 29.5 Å². The predicted octanol–water partition coefficient (Wildman–Crippen LogP) is 3.89. The van der Waals surface area contributed by atoms with Crippen LogP contribution in [0.2, 0.25) is 5.02 Å². The van der Waals surface area contributed by atoms with Gasteiger partial charge in [-0.25, -0.2) is 4.79 Å². The molecule has 1 saturated carbocycles. The molecule has 0 unspecified atom stereocenters. The van der Waals surface area contributed by atoms with Gasteiger partial charge in [0.2, 0.25) is 0 Å². The van der Waals surface area contributed by atoms with E-state index in [-0.39, 0.29) is 6.04 Å². The van der Waals surface area contributed by atoms with Crippen LogP contribution in [0.1, 0.15) is 52.0 Å². The number of alkyl carbamates (subject to hydrolysis) is 1. The molecule has 2 rings (SSSR count). The lowest BCUT2D eigenvalue weighted by atomic mass is 9.82. The number of amides is 1. The van der Waals surface area contributed by atoms with Gasteiger partial charge in [0.1, 0.15) is 11.2 Å². The highest BCUT2D eigenvalue weighted by atomic mass is 35.5. The highest BCUT2D eigenvalue weighted by molar-refractivity contribution is 6.30. The van der Waals surface area contributed by atoms with Gasteiger partial charge in [-0.2, -0.15) is 0 Å². The Hall–Kier alpha value is -1.70. The molecule has 1 aromatic rings. The fraction of sp³-hybridized carbons (Fsp3) is 0.526. The summed E-state index contributed by atoms with van der Waals surface area (Å²) in [6.45, 7) is 5.49. The van der Waals surface area contributed by atoms with Crippen molar-refractivity contribution in [1.29, 1.82) is 0 Å². The van der Waals surface area contributed by atoms with E-state index < -0.39 is 17.3 Å². The molecule has 0 atom stereocenters. The van der Waals surface area contributed by atoms with Crippen molar-refractivity contribution < 1.29 is 14.6 Å². The number of ether oxygens (including phenoxy) is 1. The van der Waals surface area contributed by atoms with Gasteiger partial charge in [0.15, 0.2) is 0 Å². The molecule has 130 valence electrons. The van der Waals surface area contributed by atoms with Crippen molar-refractivity contribution in [2.24, 2.45) is 0 Å². The molecule has 2 N–H and O–H groups in total. The van der Waals surface area contributed by atoms with Gasteiger partial charge in [-0.15, -0.1) is 0 Å². The monoisotopic (exact) mass is 349 g/mol. The third-order valence-corrected chi connectivity index (χ3v) is 4.03. The summed E-state index contributed by atoms with van der Waals surface area (Å²) in [6, 6.07) is 7.26. The van der Waals surface area contributed by atoms with Crippen LogP contribution in [0.5, 0.6) is 0 Å². The van der Waals surface area contributed by atoms with E-state index in [0.717, 1.165) is 5.56 Å². The Kier molecular flexibility index (Phi) is 5.79. The summed E-state index contributed by atoms with van der Waals surface area (Å²) in [4.78, 5) is 11.8. The summed E-state index contributed by atoms with van der Waals surface area (Å²) in [5.41, 5.74) is -0.749. The molecular formula is C19H24ClNO3. The minimum Gasteiger partial charge on any atom is -0.444 e. The van der Waals surface area contributed by atoms with Crippen LogP contribution in [0.4, 0.5) is 4.79 Å². The molecule has 5 heteroatoms. The molecule has 0 aromatic heterocycles. The molecule has 1 fully saturated rings. The fourth-order valence-corrected chi connectivity index (χ4v) is 2.78. The fourth-order valence-electron chi connectivity index (χ4n) is 2.59. The van der Waals surface area contributed by atoms with Gasteiger partial charge in [0, 0.05) is 16.6 Å². The summed E-state index contributed by atoms with van der Waals surface area (Å²) in [5.74, 6) is 5.94. The Balaban J connectivity index is 1.89. The minimum atomic E-state index is -1.02. The van der Waals surface area contributed by atoms with Crippen LogP contribution in [-0.4, -0.2) is 28.4 Å². The second-order valence-electron chi connectivity index (χ2n) is 7.21. The Morgan fingerprint density at radius 1 is 1.38 bits per heavy atom. The maximum atomic E-state index is 11.8. The number of carbonyl (C=O) groups is 1. The van der Waals surface area contributed by atoms with Crippen LogP contribution >= 0.6 is 11.6 Å². The molecule has 4 nitrogen and oxygen atoms in total. The molecule has 1 aliphatic carbocycles. The Labute approximate surface area is 148 Å². The summed E-state index contributed by atoms with van der Waals surface area (Å²) in [5, 5.41) is 14.1. The molecule has 1 aliphatic rings. The topological polar surface area (TPSA) is 58.6 Å². The van der Waals surface area contributed by atoms with Crippen molar-refractivity contribution in [3.8, 4) is 11.8 Å². The number of carbonyl (C=O) groups excluding carboxylic acids is 1. The number of rotatable bonds is 1. The van der Waals surface area contributed by atoms with Gasteiger partial charge in [-0.05, 0) is 64.7 Å². The predicted molar refractivity (Wildman–Crippen MR) is 94.9 cm³/mol. The second-order valence-corrected chi connectivity index (χ2v) is 7.65. The van der Waals surface area contributed by atoms with Crippen LogP contribution in [0.15, 0.2) is 24.3 Å². The lowest BCUT2D eigenvalue weighted by Crippen LogP contribution is -2.44. The molecule has 24 heavy (non-hydrogen) atoms. The van der Waals surface area contributed by atoms with Gasteiger partial charge in [-0.3, -0.25) is 0 Å². The molecule has 0 aliphatic heterocycles. The lowest BCUT2D eigenvalue weighted by Gasteiger charge is -2.33. The summed E-state index contributed by atoms with van der Waals surface area (Å²) in [6.07, 6.45) is 1.95. The minimum absolute atomic E-state index is 0.00750. The van der Waals surface area contributed by atoms with Crippen LogP contribution in [0.25, 0.3) is 0 Å². The average Bonchev–Trinajstić information content (AvgIpc) is 2.46. The summed E-state index contributed by atoms with van der Waals surface area (Å²) in [7, 11) is 0. The second kappa shape index (κ2) is 7.46. The van der Waals surface area contributed by atoms with Gasteiger partial charge < -0.3 is 15.2 Å². The number of benzene rings is 1. The molecule has 0 spiro atoms. The maximum absolute atomic E-state index is 11.8. The van der Waals surface area contributed by atoms with Crippen molar-refractivity contribution in [2.45, 2.75) is 63.7 Å². The zero-order valence-electron chi connectivity index (χ0n) is 14.4. The van der Waals surface area contributed by atoms with Gasteiger partial charge in [0.05, 0.1) is 0 Å². The van der Waals surface area contributed by atoms with Gasteiger partial charge >= 0.3 is 6.09 Å². The number of nitrogens with one attached hydrogen (secondary N) is 1. The Morgan fingerprint density at radius 3 is 2.62 bits per heavy atom. The van der Waals surface area contributed by atoms with Crippen LogP contribution in [-0.2, 0) is 4.74 Å². The van der Waals surface area contributed by atoms with Crippen LogP contribution in [0.3, 0.4) is 0 Å². The molecule has 0 bridgehead atoms. The van der Waals surface area contributed by atoms with E-state index in [9.17, 15) is 9.90 Å². The maximum Gasteiger partial charge on any atom is 0.407 e. The van der Waals surface area contributed by atoms with E-state index in [0.29, 0.717) is 30.7 Å². The summed E-state index contributed by atoms with van der Waals surface area (Å²) >= 11 is 5.93. The first-order valence-corrected chi connectivity index (χ1v) is 8.54. The Morgan fingerprint density at radius 2 is 2.04 bits per heavy atom. The quantitative estimate of drug-likeness (QED) is 0.756. The van der Waals surface area contributed by atoms with E-state index in [2.05, 4.69) is 17.2 Å². The van der Waals surface area contributed by atoms with Crippen molar-refractivity contribution in [1.82, 2.24) is 5.32 Å². The van der Waals surface area contributed by atoms with E-state index >= 15 is 0 Å². The van der Waals surface area contributed by atoms with Crippen LogP contribution in [0, 0.1) is 11.8 Å². The first-order chi connectivity index (χ1) is 11.2. The van der Waals surface area contributed by atoms with E-state index in [1.165, 1.54) is 0 Å². The number of aliphatic hydroxyl groups is 1. The lowest BCUT2D eigenvalue weighted by molar-refractivity contribution is 0.0343. The number of halogens is 1. The largest absolute Gasteiger partial charge is 0.444 e. The van der Waals surface area contributed by atoms with Gasteiger partial charge in [0.25, 0.3) is 0 Å². The molecular weight excluding hydrogens is 326 g/mol. The van der Waals surface area contributed by atoms with E-state index in [4.69, 9.17) is 16.3 Å². The highest BCUT2D eigenvalue weighted by Gasteiger charge is 2.32. The number of hydrogen-bond acceptors (Lipinski definition) is 3. The first-order valence-electron chi connectivity index (χ1n) is 8.16. The molecule has 1 amide bonds. The third kappa shape index (κ3) is 6.07. The summed E-state index contributed by atoms with van der Waals surface area (Å²) < 4.78 is 5.26. The Bertz CT molecular complexity index is 647. The van der Waals surface area contributed by atoms with Crippen molar-refractivity contribution in [2.75, 3.05) is 0 Å². The highest BCUT2D eigenvalue weighted by Crippen LogP contribution is 2.28. The SMILES string of the molecule is CC(C)(C)OC(=O)N[C@H]1CC[C@](O)(C#Cc2cccc(Cl)c2)CC1. The molecule has 0 radical (unpaired) electrons. The average molecular weight is 350 g/mol. The van der Waals surface area contributed by atoms with Crippen molar-refractivity contribution >= 4 is 17.7 Å². The van der Waals surface area contributed by atoms with Crippen molar-refractivity contribution in [3.05, 3.63) is 34.9 Å². The molecule has 0 heterocycles. The number of hydrogen-bond donors (Lipinski definition) is 2. The normalized spacial score (nSPS) is 23.8. The smallest absolute Gasteiger partial charge is 0.407 e. The zero-order valence-corrected chi connectivity index (χ0v) is 15.1.